The number of fused-ring (bicyclic) bond motifs is 1. The van der Waals surface area contributed by atoms with Gasteiger partial charge in [-0.2, -0.15) is 0 Å². The molecule has 0 aliphatic carbocycles. The van der Waals surface area contributed by atoms with Gasteiger partial charge in [0.15, 0.2) is 5.16 Å². The van der Waals surface area contributed by atoms with Gasteiger partial charge in [-0.25, -0.2) is 9.97 Å². The molecule has 1 aliphatic rings. The molecule has 3 aromatic rings. The Hall–Kier alpha value is -2.35. The highest BCUT2D eigenvalue weighted by atomic mass is 35.5. The summed E-state index contributed by atoms with van der Waals surface area (Å²) in [5.41, 5.74) is 1.58. The zero-order chi connectivity index (χ0) is 19.3. The number of rotatable bonds is 5. The molecule has 1 amide bonds. The summed E-state index contributed by atoms with van der Waals surface area (Å²) < 4.78 is 5.30. The number of ether oxygens (including phenoxy) is 1. The molecule has 1 aromatic heterocycles. The number of morpholine rings is 1. The number of carbonyl (C=O) groups excluding carboxylic acids is 1. The largest absolute Gasteiger partial charge is 0.378 e. The Morgan fingerprint density at radius 1 is 1.11 bits per heavy atom. The van der Waals surface area contributed by atoms with Crippen LogP contribution in [0.4, 0.5) is 11.5 Å². The molecule has 2 heterocycles. The molecule has 0 unspecified atom stereocenters. The third kappa shape index (κ3) is 4.38. The van der Waals surface area contributed by atoms with Crippen LogP contribution < -0.4 is 5.32 Å². The highest BCUT2D eigenvalue weighted by Crippen LogP contribution is 2.30. The highest BCUT2D eigenvalue weighted by molar-refractivity contribution is 7.99. The van der Waals surface area contributed by atoms with Crippen molar-refractivity contribution in [2.75, 3.05) is 37.4 Å². The molecule has 0 radical (unpaired) electrons. The fourth-order valence-electron chi connectivity index (χ4n) is 2.94. The van der Waals surface area contributed by atoms with Crippen molar-refractivity contribution in [1.29, 1.82) is 0 Å². The lowest BCUT2D eigenvalue weighted by atomic mass is 10.2. The number of hydrogen-bond acceptors (Lipinski definition) is 6. The smallest absolute Gasteiger partial charge is 0.233 e. The summed E-state index contributed by atoms with van der Waals surface area (Å²) in [6, 6.07) is 15.3. The Morgan fingerprint density at radius 2 is 1.86 bits per heavy atom. The third-order valence-corrected chi connectivity index (χ3v) is 5.56. The van der Waals surface area contributed by atoms with Gasteiger partial charge in [-0.3, -0.25) is 4.79 Å². The predicted octanol–water partition coefficient (Wildman–Crippen LogP) is 3.98. The van der Waals surface area contributed by atoms with Crippen molar-refractivity contribution in [2.24, 2.45) is 0 Å². The standard InChI is InChI=1S/C20H19ClN4O2S/c21-15-6-2-4-8-17(15)22-19-14-5-1-3-7-16(14)23-20(24-19)28-13-18(26)25-9-11-27-12-10-25/h1-8H,9-13H2,(H,22,23,24). The van der Waals surface area contributed by atoms with Gasteiger partial charge in [-0.05, 0) is 24.3 Å². The number of nitrogens with one attached hydrogen (secondary N) is 1. The number of anilines is 2. The molecule has 144 valence electrons. The SMILES string of the molecule is O=C(CSc1nc(Nc2ccccc2Cl)c2ccccc2n1)N1CCOCC1. The lowest BCUT2D eigenvalue weighted by Gasteiger charge is -2.26. The van der Waals surface area contributed by atoms with Gasteiger partial charge in [0.1, 0.15) is 5.82 Å². The first-order valence-electron chi connectivity index (χ1n) is 8.97. The quantitative estimate of drug-likeness (QED) is 0.503. The van der Waals surface area contributed by atoms with Gasteiger partial charge < -0.3 is 15.0 Å². The number of nitrogens with zero attached hydrogens (tertiary/aromatic N) is 3. The van der Waals surface area contributed by atoms with Crippen LogP contribution in [0.1, 0.15) is 0 Å². The van der Waals surface area contributed by atoms with E-state index in [4.69, 9.17) is 16.3 Å². The van der Waals surface area contributed by atoms with E-state index in [1.165, 1.54) is 11.8 Å². The second-order valence-corrected chi connectivity index (χ2v) is 7.61. The van der Waals surface area contributed by atoms with E-state index in [-0.39, 0.29) is 5.91 Å². The molecule has 28 heavy (non-hydrogen) atoms. The maximum Gasteiger partial charge on any atom is 0.233 e. The second-order valence-electron chi connectivity index (χ2n) is 6.26. The average Bonchev–Trinajstić information content (AvgIpc) is 2.74. The van der Waals surface area contributed by atoms with Crippen LogP contribution in [0.2, 0.25) is 5.02 Å². The molecule has 1 fully saturated rings. The predicted molar refractivity (Wildman–Crippen MR) is 112 cm³/mol. The van der Waals surface area contributed by atoms with Crippen molar-refractivity contribution < 1.29 is 9.53 Å². The maximum atomic E-state index is 12.4. The Kier molecular flexibility index (Phi) is 5.95. The second kappa shape index (κ2) is 8.77. The number of para-hydroxylation sites is 2. The minimum absolute atomic E-state index is 0.0747. The summed E-state index contributed by atoms with van der Waals surface area (Å²) in [6.45, 7) is 2.46. The molecule has 0 spiro atoms. The molecule has 1 saturated heterocycles. The first kappa shape index (κ1) is 19.0. The van der Waals surface area contributed by atoms with Gasteiger partial charge in [0.25, 0.3) is 0 Å². The summed E-state index contributed by atoms with van der Waals surface area (Å²) >= 11 is 7.62. The summed E-state index contributed by atoms with van der Waals surface area (Å²) in [6.07, 6.45) is 0. The third-order valence-electron chi connectivity index (χ3n) is 4.40. The number of amides is 1. The minimum Gasteiger partial charge on any atom is -0.378 e. The molecule has 6 nitrogen and oxygen atoms in total. The normalized spacial score (nSPS) is 14.2. The Labute approximate surface area is 172 Å². The van der Waals surface area contributed by atoms with E-state index in [0.29, 0.717) is 48.1 Å². The molecule has 0 atom stereocenters. The Bertz CT molecular complexity index is 995. The van der Waals surface area contributed by atoms with E-state index in [1.807, 2.05) is 53.4 Å². The van der Waals surface area contributed by atoms with Crippen LogP contribution in [0.15, 0.2) is 53.7 Å². The number of aromatic nitrogens is 2. The van der Waals surface area contributed by atoms with E-state index in [2.05, 4.69) is 15.3 Å². The van der Waals surface area contributed by atoms with Crippen LogP contribution >= 0.6 is 23.4 Å². The van der Waals surface area contributed by atoms with E-state index in [0.717, 1.165) is 16.6 Å². The fourth-order valence-corrected chi connectivity index (χ4v) is 3.87. The zero-order valence-electron chi connectivity index (χ0n) is 15.1. The number of carbonyl (C=O) groups is 1. The number of hydrogen-bond donors (Lipinski definition) is 1. The first-order valence-corrected chi connectivity index (χ1v) is 10.3. The summed E-state index contributed by atoms with van der Waals surface area (Å²) in [5, 5.41) is 5.36. The Morgan fingerprint density at radius 3 is 2.68 bits per heavy atom. The van der Waals surface area contributed by atoms with Crippen molar-refractivity contribution in [2.45, 2.75) is 5.16 Å². The molecule has 1 aliphatic heterocycles. The molecule has 1 N–H and O–H groups in total. The van der Waals surface area contributed by atoms with Gasteiger partial charge in [-0.1, -0.05) is 47.6 Å². The summed E-state index contributed by atoms with van der Waals surface area (Å²) in [7, 11) is 0. The van der Waals surface area contributed by atoms with Gasteiger partial charge >= 0.3 is 0 Å². The number of halogens is 1. The van der Waals surface area contributed by atoms with Crippen LogP contribution in [0.3, 0.4) is 0 Å². The van der Waals surface area contributed by atoms with Crippen LogP contribution in [0, 0.1) is 0 Å². The minimum atomic E-state index is 0.0747. The van der Waals surface area contributed by atoms with Gasteiger partial charge in [0.05, 0.1) is 35.2 Å². The van der Waals surface area contributed by atoms with Crippen molar-refractivity contribution in [3.8, 4) is 0 Å². The number of benzene rings is 2. The lowest BCUT2D eigenvalue weighted by Crippen LogP contribution is -2.41. The summed E-state index contributed by atoms with van der Waals surface area (Å²) in [5.74, 6) is 1.04. The van der Waals surface area contributed by atoms with Crippen molar-refractivity contribution >= 4 is 51.7 Å². The molecule has 0 saturated carbocycles. The van der Waals surface area contributed by atoms with Gasteiger partial charge in [-0.15, -0.1) is 0 Å². The topological polar surface area (TPSA) is 67.4 Å². The van der Waals surface area contributed by atoms with Crippen molar-refractivity contribution in [1.82, 2.24) is 14.9 Å². The van der Waals surface area contributed by atoms with Crippen LogP contribution in [0.5, 0.6) is 0 Å². The fraction of sp³-hybridized carbons (Fsp3) is 0.250. The Balaban J connectivity index is 1.57. The van der Waals surface area contributed by atoms with E-state index < -0.39 is 0 Å². The molecule has 0 bridgehead atoms. The van der Waals surface area contributed by atoms with E-state index >= 15 is 0 Å². The maximum absolute atomic E-state index is 12.4. The van der Waals surface area contributed by atoms with Crippen molar-refractivity contribution in [3.63, 3.8) is 0 Å². The van der Waals surface area contributed by atoms with Gasteiger partial charge in [0, 0.05) is 18.5 Å². The van der Waals surface area contributed by atoms with Crippen LogP contribution in [-0.2, 0) is 9.53 Å². The van der Waals surface area contributed by atoms with Crippen LogP contribution in [0.25, 0.3) is 10.9 Å². The van der Waals surface area contributed by atoms with Gasteiger partial charge in [0.2, 0.25) is 5.91 Å². The molecule has 8 heteroatoms. The molecule has 2 aromatic carbocycles. The lowest BCUT2D eigenvalue weighted by molar-refractivity contribution is -0.132. The molecular formula is C20H19ClN4O2S. The zero-order valence-corrected chi connectivity index (χ0v) is 16.7. The highest BCUT2D eigenvalue weighted by Gasteiger charge is 2.18. The van der Waals surface area contributed by atoms with E-state index in [9.17, 15) is 4.79 Å². The average molecular weight is 415 g/mol. The molecular weight excluding hydrogens is 396 g/mol. The van der Waals surface area contributed by atoms with Crippen molar-refractivity contribution in [3.05, 3.63) is 53.6 Å². The van der Waals surface area contributed by atoms with Crippen LogP contribution in [-0.4, -0.2) is 52.8 Å². The monoisotopic (exact) mass is 414 g/mol. The molecule has 4 rings (SSSR count). The first-order chi connectivity index (χ1) is 13.7. The van der Waals surface area contributed by atoms with E-state index in [1.54, 1.807) is 0 Å². The number of thioether (sulfide) groups is 1. The summed E-state index contributed by atoms with van der Waals surface area (Å²) in [4.78, 5) is 23.5.